The van der Waals surface area contributed by atoms with Gasteiger partial charge in [-0.2, -0.15) is 4.68 Å². The van der Waals surface area contributed by atoms with Crippen molar-refractivity contribution in [3.05, 3.63) is 59.2 Å². The number of rotatable bonds is 7. The molecule has 3 aromatic rings. The monoisotopic (exact) mass is 367 g/mol. The molecule has 0 N–H and O–H groups in total. The lowest BCUT2D eigenvalue weighted by atomic mass is 10.2. The number of nitrogens with zero attached hydrogens (tertiary/aromatic N) is 5. The summed E-state index contributed by atoms with van der Waals surface area (Å²) in [5, 5.41) is 11.9. The third kappa shape index (κ3) is 3.31. The van der Waals surface area contributed by atoms with Crippen molar-refractivity contribution in [3.63, 3.8) is 0 Å². The standard InChI is InChI=1S/C19H21N5OS/c1-13-10-17(14(2)23(13)15-8-9-15)18(25)11-26-12-19-20-21-22-24(19)16-6-4-3-5-7-16/h3-7,10,15H,8-9,11-12H2,1-2H3. The SMILES string of the molecule is Cc1cc(C(=O)CSCc2nnnn2-c2ccccc2)c(C)n1C1CC1. The van der Waals surface area contributed by atoms with Crippen LogP contribution in [0.25, 0.3) is 5.69 Å². The molecule has 1 aliphatic rings. The van der Waals surface area contributed by atoms with E-state index in [-0.39, 0.29) is 5.78 Å². The average Bonchev–Trinajstić information content (AvgIpc) is 3.28. The molecule has 134 valence electrons. The van der Waals surface area contributed by atoms with Crippen molar-refractivity contribution in [3.8, 4) is 5.69 Å². The van der Waals surface area contributed by atoms with E-state index in [1.165, 1.54) is 18.5 Å². The Morgan fingerprint density at radius 3 is 2.73 bits per heavy atom. The number of Topliss-reactive ketones (excluding diaryl/α,β-unsaturated/α-hetero) is 1. The molecule has 2 aromatic heterocycles. The zero-order valence-electron chi connectivity index (χ0n) is 14.9. The predicted molar refractivity (Wildman–Crippen MR) is 102 cm³/mol. The second-order valence-corrected chi connectivity index (χ2v) is 7.63. The Labute approximate surface area is 156 Å². The van der Waals surface area contributed by atoms with Crippen molar-refractivity contribution < 1.29 is 4.79 Å². The highest BCUT2D eigenvalue weighted by Crippen LogP contribution is 2.38. The van der Waals surface area contributed by atoms with E-state index in [1.807, 2.05) is 36.4 Å². The Morgan fingerprint density at radius 1 is 1.23 bits per heavy atom. The molecule has 0 radical (unpaired) electrons. The van der Waals surface area contributed by atoms with Gasteiger partial charge >= 0.3 is 0 Å². The Balaban J connectivity index is 1.41. The highest BCUT2D eigenvalue weighted by molar-refractivity contribution is 7.99. The fraction of sp³-hybridized carbons (Fsp3) is 0.368. The summed E-state index contributed by atoms with van der Waals surface area (Å²) in [6, 6.07) is 12.4. The molecule has 1 aliphatic carbocycles. The van der Waals surface area contributed by atoms with Gasteiger partial charge in [-0.15, -0.1) is 16.9 Å². The number of carbonyl (C=O) groups excluding carboxylic acids is 1. The van der Waals surface area contributed by atoms with E-state index >= 15 is 0 Å². The number of ketones is 1. The number of aryl methyl sites for hydroxylation is 1. The van der Waals surface area contributed by atoms with E-state index < -0.39 is 0 Å². The number of tetrazole rings is 1. The first-order chi connectivity index (χ1) is 12.6. The molecule has 6 nitrogen and oxygen atoms in total. The molecule has 1 aromatic carbocycles. The van der Waals surface area contributed by atoms with E-state index in [4.69, 9.17) is 0 Å². The van der Waals surface area contributed by atoms with Crippen molar-refractivity contribution in [1.82, 2.24) is 24.8 Å². The number of carbonyl (C=O) groups is 1. The van der Waals surface area contributed by atoms with Gasteiger partial charge in [-0.25, -0.2) is 0 Å². The fourth-order valence-electron chi connectivity index (χ4n) is 3.33. The van der Waals surface area contributed by atoms with Crippen molar-refractivity contribution in [2.45, 2.75) is 38.5 Å². The fourth-order valence-corrected chi connectivity index (χ4v) is 4.14. The molecule has 1 saturated carbocycles. The summed E-state index contributed by atoms with van der Waals surface area (Å²) in [7, 11) is 0. The predicted octanol–water partition coefficient (Wildman–Crippen LogP) is 3.53. The van der Waals surface area contributed by atoms with Gasteiger partial charge in [-0.05, 0) is 55.3 Å². The molecule has 2 heterocycles. The molecule has 0 atom stereocenters. The van der Waals surface area contributed by atoms with Crippen LogP contribution in [0, 0.1) is 13.8 Å². The minimum atomic E-state index is 0.175. The summed E-state index contributed by atoms with van der Waals surface area (Å²) in [5.74, 6) is 1.94. The first kappa shape index (κ1) is 17.0. The van der Waals surface area contributed by atoms with E-state index in [1.54, 1.807) is 16.4 Å². The number of benzene rings is 1. The van der Waals surface area contributed by atoms with Crippen molar-refractivity contribution >= 4 is 17.5 Å². The van der Waals surface area contributed by atoms with Gasteiger partial charge < -0.3 is 4.57 Å². The van der Waals surface area contributed by atoms with Gasteiger partial charge in [0, 0.05) is 23.0 Å². The van der Waals surface area contributed by atoms with Crippen molar-refractivity contribution in [2.24, 2.45) is 0 Å². The maximum atomic E-state index is 12.7. The Kier molecular flexibility index (Phi) is 4.63. The van der Waals surface area contributed by atoms with Crippen LogP contribution in [0.4, 0.5) is 0 Å². The Bertz CT molecular complexity index is 927. The zero-order valence-corrected chi connectivity index (χ0v) is 15.7. The van der Waals surface area contributed by atoms with Crippen molar-refractivity contribution in [1.29, 1.82) is 0 Å². The number of hydrogen-bond acceptors (Lipinski definition) is 5. The van der Waals surface area contributed by atoms with Gasteiger partial charge in [-0.1, -0.05) is 18.2 Å². The smallest absolute Gasteiger partial charge is 0.174 e. The second-order valence-electron chi connectivity index (χ2n) is 6.64. The topological polar surface area (TPSA) is 65.6 Å². The molecule has 1 fully saturated rings. The summed E-state index contributed by atoms with van der Waals surface area (Å²) in [6.07, 6.45) is 2.45. The lowest BCUT2D eigenvalue weighted by Crippen LogP contribution is -2.07. The van der Waals surface area contributed by atoms with Crippen LogP contribution in [0.2, 0.25) is 0 Å². The molecule has 0 saturated heterocycles. The second kappa shape index (κ2) is 7.07. The van der Waals surface area contributed by atoms with Gasteiger partial charge in [0.1, 0.15) is 0 Å². The molecule has 0 unspecified atom stereocenters. The first-order valence-corrected chi connectivity index (χ1v) is 9.92. The number of para-hydroxylation sites is 1. The summed E-state index contributed by atoms with van der Waals surface area (Å²) < 4.78 is 4.03. The average molecular weight is 367 g/mol. The van der Waals surface area contributed by atoms with Gasteiger partial charge in [0.15, 0.2) is 11.6 Å². The molecule has 4 rings (SSSR count). The van der Waals surface area contributed by atoms with E-state index in [9.17, 15) is 4.79 Å². The van der Waals surface area contributed by atoms with Gasteiger partial charge in [0.05, 0.1) is 17.2 Å². The minimum absolute atomic E-state index is 0.175. The molecular weight excluding hydrogens is 346 g/mol. The summed E-state index contributed by atoms with van der Waals surface area (Å²) in [6.45, 7) is 4.14. The summed E-state index contributed by atoms with van der Waals surface area (Å²) in [5.41, 5.74) is 4.06. The van der Waals surface area contributed by atoms with E-state index in [2.05, 4.69) is 33.9 Å². The highest BCUT2D eigenvalue weighted by Gasteiger charge is 2.28. The summed E-state index contributed by atoms with van der Waals surface area (Å²) in [4.78, 5) is 12.7. The number of hydrogen-bond donors (Lipinski definition) is 0. The molecule has 0 amide bonds. The zero-order chi connectivity index (χ0) is 18.1. The van der Waals surface area contributed by atoms with Gasteiger partial charge in [-0.3, -0.25) is 4.79 Å². The normalized spacial score (nSPS) is 13.9. The molecule has 0 bridgehead atoms. The minimum Gasteiger partial charge on any atom is -0.345 e. The molecule has 26 heavy (non-hydrogen) atoms. The Morgan fingerprint density at radius 2 is 2.00 bits per heavy atom. The van der Waals surface area contributed by atoms with Crippen LogP contribution in [0.1, 0.15) is 46.5 Å². The lowest BCUT2D eigenvalue weighted by Gasteiger charge is -2.07. The number of thioether (sulfide) groups is 1. The summed E-state index contributed by atoms with van der Waals surface area (Å²) >= 11 is 1.55. The van der Waals surface area contributed by atoms with Crippen LogP contribution in [-0.4, -0.2) is 36.3 Å². The largest absolute Gasteiger partial charge is 0.345 e. The molecule has 7 heteroatoms. The van der Waals surface area contributed by atoms with Crippen LogP contribution < -0.4 is 0 Å². The van der Waals surface area contributed by atoms with Crippen LogP contribution in [-0.2, 0) is 5.75 Å². The third-order valence-electron chi connectivity index (χ3n) is 4.70. The van der Waals surface area contributed by atoms with Gasteiger partial charge in [0.25, 0.3) is 0 Å². The molecule has 0 aliphatic heterocycles. The highest BCUT2D eigenvalue weighted by atomic mass is 32.2. The Hall–Kier alpha value is -2.41. The lowest BCUT2D eigenvalue weighted by molar-refractivity contribution is 0.102. The van der Waals surface area contributed by atoms with Crippen molar-refractivity contribution in [2.75, 3.05) is 5.75 Å². The van der Waals surface area contributed by atoms with Gasteiger partial charge in [0.2, 0.25) is 0 Å². The first-order valence-electron chi connectivity index (χ1n) is 8.77. The third-order valence-corrected chi connectivity index (χ3v) is 5.62. The van der Waals surface area contributed by atoms with Crippen LogP contribution in [0.3, 0.4) is 0 Å². The van der Waals surface area contributed by atoms with Crippen LogP contribution >= 0.6 is 11.8 Å². The quantitative estimate of drug-likeness (QED) is 0.598. The van der Waals surface area contributed by atoms with E-state index in [0.29, 0.717) is 17.5 Å². The molecule has 0 spiro atoms. The maximum Gasteiger partial charge on any atom is 0.174 e. The molecular formula is C19H21N5OS. The van der Waals surface area contributed by atoms with Crippen LogP contribution in [0.5, 0.6) is 0 Å². The van der Waals surface area contributed by atoms with Crippen LogP contribution in [0.15, 0.2) is 36.4 Å². The maximum absolute atomic E-state index is 12.7. The number of aromatic nitrogens is 5. The van der Waals surface area contributed by atoms with E-state index in [0.717, 1.165) is 22.8 Å².